The first-order chi connectivity index (χ1) is 10.1. The minimum absolute atomic E-state index is 0.291. The first-order valence-electron chi connectivity index (χ1n) is 6.58. The highest BCUT2D eigenvalue weighted by molar-refractivity contribution is 7.71. The molecule has 0 radical (unpaired) electrons. The molecule has 0 spiro atoms. The number of H-pyrrole nitrogens is 1. The highest BCUT2D eigenvalue weighted by atomic mass is 32.1. The minimum atomic E-state index is -0.291. The fraction of sp³-hybridized carbons (Fsp3) is 0.214. The number of rotatable bonds is 3. The standard InChI is InChI=1S/C14H14FN5S/c1-3-19-13(17-18-14(19)21)12-8-16-20(9(12)2)11-6-4-5-10(15)7-11/h4-8H,3H2,1-2H3,(H,18,21). The number of benzene rings is 1. The van der Waals surface area contributed by atoms with Crippen LogP contribution in [0.4, 0.5) is 4.39 Å². The van der Waals surface area contributed by atoms with Crippen LogP contribution in [0.3, 0.4) is 0 Å². The van der Waals surface area contributed by atoms with E-state index in [9.17, 15) is 4.39 Å². The first kappa shape index (κ1) is 13.7. The lowest BCUT2D eigenvalue weighted by molar-refractivity contribution is 0.625. The maximum absolute atomic E-state index is 13.4. The normalized spacial score (nSPS) is 11.0. The highest BCUT2D eigenvalue weighted by Gasteiger charge is 2.15. The largest absolute Gasteiger partial charge is 0.300 e. The summed E-state index contributed by atoms with van der Waals surface area (Å²) in [6.07, 6.45) is 1.72. The van der Waals surface area contributed by atoms with Crippen molar-refractivity contribution in [3.05, 3.63) is 46.7 Å². The Balaban J connectivity index is 2.13. The summed E-state index contributed by atoms with van der Waals surface area (Å²) in [5, 5.41) is 11.4. The molecule has 21 heavy (non-hydrogen) atoms. The Morgan fingerprint density at radius 2 is 2.19 bits per heavy atom. The lowest BCUT2D eigenvalue weighted by atomic mass is 10.2. The van der Waals surface area contributed by atoms with Crippen LogP contribution in [-0.2, 0) is 6.54 Å². The van der Waals surface area contributed by atoms with Gasteiger partial charge >= 0.3 is 0 Å². The van der Waals surface area contributed by atoms with Crippen molar-refractivity contribution in [3.63, 3.8) is 0 Å². The van der Waals surface area contributed by atoms with Crippen molar-refractivity contribution in [2.75, 3.05) is 0 Å². The van der Waals surface area contributed by atoms with Crippen molar-refractivity contribution < 1.29 is 4.39 Å². The topological polar surface area (TPSA) is 51.4 Å². The van der Waals surface area contributed by atoms with Crippen LogP contribution in [0.15, 0.2) is 30.5 Å². The van der Waals surface area contributed by atoms with Crippen LogP contribution in [0.2, 0.25) is 0 Å². The molecule has 0 saturated carbocycles. The molecule has 0 unspecified atom stereocenters. The molecule has 5 nitrogen and oxygen atoms in total. The van der Waals surface area contributed by atoms with Crippen molar-refractivity contribution in [1.82, 2.24) is 24.5 Å². The first-order valence-corrected chi connectivity index (χ1v) is 6.98. The third kappa shape index (κ3) is 2.29. The molecule has 108 valence electrons. The molecule has 0 aliphatic heterocycles. The van der Waals surface area contributed by atoms with Crippen molar-refractivity contribution in [2.45, 2.75) is 20.4 Å². The van der Waals surface area contributed by atoms with Crippen molar-refractivity contribution >= 4 is 12.2 Å². The monoisotopic (exact) mass is 303 g/mol. The fourth-order valence-electron chi connectivity index (χ4n) is 2.31. The number of aromatic amines is 1. The van der Waals surface area contributed by atoms with Crippen molar-refractivity contribution in [3.8, 4) is 17.1 Å². The predicted molar refractivity (Wildman–Crippen MR) is 80.3 cm³/mol. The van der Waals surface area contributed by atoms with Gasteiger partial charge in [-0.05, 0) is 44.3 Å². The van der Waals surface area contributed by atoms with E-state index in [1.807, 2.05) is 24.5 Å². The number of hydrogen-bond donors (Lipinski definition) is 1. The average Bonchev–Trinajstić information content (AvgIpc) is 3.01. The summed E-state index contributed by atoms with van der Waals surface area (Å²) in [7, 11) is 0. The Hall–Kier alpha value is -2.28. The molecule has 0 atom stereocenters. The molecule has 1 N–H and O–H groups in total. The molecular formula is C14H14FN5S. The summed E-state index contributed by atoms with van der Waals surface area (Å²) in [5.74, 6) is 0.447. The molecule has 0 bridgehead atoms. The predicted octanol–water partition coefficient (Wildman–Crippen LogP) is 3.26. The number of nitrogens with zero attached hydrogens (tertiary/aromatic N) is 4. The van der Waals surface area contributed by atoms with Crippen LogP contribution in [0.1, 0.15) is 12.6 Å². The van der Waals surface area contributed by atoms with Gasteiger partial charge in [-0.2, -0.15) is 10.2 Å². The smallest absolute Gasteiger partial charge is 0.195 e. The maximum atomic E-state index is 13.4. The Labute approximate surface area is 126 Å². The number of hydrogen-bond acceptors (Lipinski definition) is 3. The Morgan fingerprint density at radius 1 is 1.38 bits per heavy atom. The van der Waals surface area contributed by atoms with Crippen LogP contribution < -0.4 is 0 Å². The lowest BCUT2D eigenvalue weighted by Crippen LogP contribution is -2.01. The molecular weight excluding hydrogens is 289 g/mol. The zero-order valence-electron chi connectivity index (χ0n) is 11.7. The van der Waals surface area contributed by atoms with Gasteiger partial charge in [0.05, 0.1) is 23.1 Å². The minimum Gasteiger partial charge on any atom is -0.300 e. The summed E-state index contributed by atoms with van der Waals surface area (Å²) in [5.41, 5.74) is 2.42. The SMILES string of the molecule is CCn1c(-c2cnn(-c3cccc(F)c3)c2C)n[nH]c1=S. The summed E-state index contributed by atoms with van der Waals surface area (Å²) >= 11 is 5.20. The summed E-state index contributed by atoms with van der Waals surface area (Å²) in [6.45, 7) is 4.64. The summed E-state index contributed by atoms with van der Waals surface area (Å²) in [6, 6.07) is 6.32. The van der Waals surface area contributed by atoms with Crippen molar-refractivity contribution in [2.24, 2.45) is 0 Å². The van der Waals surface area contributed by atoms with E-state index >= 15 is 0 Å². The van der Waals surface area contributed by atoms with Crippen LogP contribution in [0.5, 0.6) is 0 Å². The van der Waals surface area contributed by atoms with Crippen LogP contribution >= 0.6 is 12.2 Å². The molecule has 1 aromatic carbocycles. The van der Waals surface area contributed by atoms with Gasteiger partial charge in [0.1, 0.15) is 5.82 Å². The molecule has 0 aliphatic carbocycles. The van der Waals surface area contributed by atoms with E-state index in [0.29, 0.717) is 10.5 Å². The van der Waals surface area contributed by atoms with Gasteiger partial charge in [0, 0.05) is 6.54 Å². The Kier molecular flexibility index (Phi) is 3.42. The van der Waals surface area contributed by atoms with Crippen molar-refractivity contribution in [1.29, 1.82) is 0 Å². The second-order valence-corrected chi connectivity index (χ2v) is 5.02. The van der Waals surface area contributed by atoms with Gasteiger partial charge in [0.15, 0.2) is 10.6 Å². The average molecular weight is 303 g/mol. The van der Waals surface area contributed by atoms with E-state index in [4.69, 9.17) is 12.2 Å². The molecule has 3 aromatic rings. The van der Waals surface area contributed by atoms with Gasteiger partial charge < -0.3 is 4.57 Å². The van der Waals surface area contributed by atoms with Crippen LogP contribution in [0.25, 0.3) is 17.1 Å². The van der Waals surface area contributed by atoms with Crippen LogP contribution in [-0.4, -0.2) is 24.5 Å². The molecule has 0 aliphatic rings. The maximum Gasteiger partial charge on any atom is 0.195 e. The molecule has 7 heteroatoms. The second-order valence-electron chi connectivity index (χ2n) is 4.63. The van der Waals surface area contributed by atoms with Crippen LogP contribution in [0, 0.1) is 17.5 Å². The molecule has 2 aromatic heterocycles. The van der Waals surface area contributed by atoms with Gasteiger partial charge in [-0.1, -0.05) is 6.07 Å². The molecule has 2 heterocycles. The summed E-state index contributed by atoms with van der Waals surface area (Å²) in [4.78, 5) is 0. The Morgan fingerprint density at radius 3 is 2.90 bits per heavy atom. The van der Waals surface area contributed by atoms with E-state index in [-0.39, 0.29) is 5.82 Å². The fourth-order valence-corrected chi connectivity index (χ4v) is 2.58. The lowest BCUT2D eigenvalue weighted by Gasteiger charge is -2.06. The van der Waals surface area contributed by atoms with E-state index < -0.39 is 0 Å². The molecule has 0 saturated heterocycles. The third-order valence-electron chi connectivity index (χ3n) is 3.38. The number of aromatic nitrogens is 5. The van der Waals surface area contributed by atoms with Gasteiger partial charge in [-0.3, -0.25) is 5.10 Å². The Bertz CT molecular complexity index is 845. The molecule has 0 fully saturated rings. The summed E-state index contributed by atoms with van der Waals surface area (Å²) < 4.78 is 17.5. The molecule has 0 amide bonds. The second kappa shape index (κ2) is 5.25. The number of nitrogens with one attached hydrogen (secondary N) is 1. The zero-order valence-corrected chi connectivity index (χ0v) is 12.5. The molecule has 3 rings (SSSR count). The quantitative estimate of drug-likeness (QED) is 0.756. The zero-order chi connectivity index (χ0) is 15.0. The van der Waals surface area contributed by atoms with E-state index in [2.05, 4.69) is 15.3 Å². The van der Waals surface area contributed by atoms with Gasteiger partial charge in [-0.25, -0.2) is 9.07 Å². The van der Waals surface area contributed by atoms with Gasteiger partial charge in [-0.15, -0.1) is 0 Å². The highest BCUT2D eigenvalue weighted by Crippen LogP contribution is 2.23. The van der Waals surface area contributed by atoms with Gasteiger partial charge in [0.2, 0.25) is 0 Å². The number of halogens is 1. The third-order valence-corrected chi connectivity index (χ3v) is 3.69. The van der Waals surface area contributed by atoms with E-state index in [0.717, 1.165) is 23.6 Å². The van der Waals surface area contributed by atoms with E-state index in [1.54, 1.807) is 16.9 Å². The van der Waals surface area contributed by atoms with E-state index in [1.165, 1.54) is 12.1 Å². The van der Waals surface area contributed by atoms with Gasteiger partial charge in [0.25, 0.3) is 0 Å².